The summed E-state index contributed by atoms with van der Waals surface area (Å²) in [5, 5.41) is 3.28. The van der Waals surface area contributed by atoms with E-state index >= 15 is 0 Å². The molecule has 0 saturated heterocycles. The molecule has 0 amide bonds. The van der Waals surface area contributed by atoms with E-state index in [1.165, 1.54) is 11.1 Å². The Labute approximate surface area is 83.5 Å². The second-order valence-electron chi connectivity index (χ2n) is 3.14. The molecule has 0 aliphatic carbocycles. The summed E-state index contributed by atoms with van der Waals surface area (Å²) < 4.78 is 0. The largest absolute Gasteiger partial charge is 0.369 e. The van der Waals surface area contributed by atoms with Crippen LogP contribution < -0.4 is 5.32 Å². The zero-order valence-electron chi connectivity index (χ0n) is 7.29. The third kappa shape index (κ3) is 1.38. The van der Waals surface area contributed by atoms with Crippen LogP contribution in [0, 0.1) is 0 Å². The van der Waals surface area contributed by atoms with Crippen molar-refractivity contribution in [1.82, 2.24) is 5.32 Å². The Bertz CT molecular complexity index is 357. The third-order valence-electron chi connectivity index (χ3n) is 2.29. The second-order valence-corrected chi connectivity index (χ2v) is 3.55. The minimum atomic E-state index is 0.334. The molecule has 66 valence electrons. The molecule has 1 aliphatic heterocycles. The van der Waals surface area contributed by atoms with Gasteiger partial charge in [-0.2, -0.15) is 0 Å². The van der Waals surface area contributed by atoms with Gasteiger partial charge in [0.15, 0.2) is 0 Å². The van der Waals surface area contributed by atoms with Gasteiger partial charge in [-0.15, -0.1) is 6.58 Å². The molecule has 1 heterocycles. The normalized spacial score (nSPS) is 19.4. The fourth-order valence-electron chi connectivity index (χ4n) is 1.67. The molecule has 1 N–H and O–H groups in total. The maximum atomic E-state index is 5.22. The van der Waals surface area contributed by atoms with Gasteiger partial charge >= 0.3 is 0 Å². The lowest BCUT2D eigenvalue weighted by atomic mass is 10.0. The van der Waals surface area contributed by atoms with E-state index in [9.17, 15) is 0 Å². The van der Waals surface area contributed by atoms with Crippen molar-refractivity contribution in [3.63, 3.8) is 0 Å². The predicted molar refractivity (Wildman–Crippen MR) is 58.8 cm³/mol. The molecule has 1 aromatic carbocycles. The van der Waals surface area contributed by atoms with Gasteiger partial charge in [0.25, 0.3) is 0 Å². The van der Waals surface area contributed by atoms with Gasteiger partial charge in [-0.1, -0.05) is 42.6 Å². The summed E-state index contributed by atoms with van der Waals surface area (Å²) in [6.45, 7) is 3.74. The molecule has 0 saturated carbocycles. The molecule has 0 bridgehead atoms. The number of hydrogen-bond donors (Lipinski definition) is 1. The summed E-state index contributed by atoms with van der Waals surface area (Å²) in [4.78, 5) is 0.863. The van der Waals surface area contributed by atoms with E-state index in [4.69, 9.17) is 12.2 Å². The summed E-state index contributed by atoms with van der Waals surface area (Å²) in [5.41, 5.74) is 2.47. The van der Waals surface area contributed by atoms with Gasteiger partial charge in [-0.25, -0.2) is 0 Å². The maximum Gasteiger partial charge on any atom is 0.107 e. The van der Waals surface area contributed by atoms with Crippen molar-refractivity contribution in [3.8, 4) is 0 Å². The first-order chi connectivity index (χ1) is 6.33. The highest BCUT2D eigenvalue weighted by Crippen LogP contribution is 2.27. The van der Waals surface area contributed by atoms with E-state index in [1.807, 2.05) is 18.2 Å². The van der Waals surface area contributed by atoms with E-state index in [0.29, 0.717) is 6.04 Å². The Kier molecular flexibility index (Phi) is 2.15. The van der Waals surface area contributed by atoms with Crippen LogP contribution in [0.2, 0.25) is 0 Å². The van der Waals surface area contributed by atoms with Crippen molar-refractivity contribution >= 4 is 17.2 Å². The second kappa shape index (κ2) is 3.30. The lowest BCUT2D eigenvalue weighted by molar-refractivity contribution is 0.687. The standard InChI is InChI=1S/C11H11NS/c1-2-5-10-8-6-3-4-7-9(8)11(13)12-10/h2-4,6-7,10H,1,5H2,(H,12,13). The predicted octanol–water partition coefficient (Wildman–Crippen LogP) is 2.58. The minimum Gasteiger partial charge on any atom is -0.369 e. The molecule has 0 aromatic heterocycles. The van der Waals surface area contributed by atoms with Crippen molar-refractivity contribution in [2.75, 3.05) is 0 Å². The van der Waals surface area contributed by atoms with Crippen LogP contribution in [0.1, 0.15) is 23.6 Å². The average Bonchev–Trinajstić information content (AvgIpc) is 2.46. The molecule has 0 spiro atoms. The summed E-state index contributed by atoms with van der Waals surface area (Å²) in [7, 11) is 0. The number of fused-ring (bicyclic) bond motifs is 1. The first-order valence-corrected chi connectivity index (χ1v) is 4.74. The van der Waals surface area contributed by atoms with E-state index < -0.39 is 0 Å². The smallest absolute Gasteiger partial charge is 0.107 e. The topological polar surface area (TPSA) is 12.0 Å². The number of benzene rings is 1. The number of thiocarbonyl (C=S) groups is 1. The Morgan fingerprint density at radius 3 is 3.00 bits per heavy atom. The van der Waals surface area contributed by atoms with Crippen LogP contribution in [-0.2, 0) is 0 Å². The van der Waals surface area contributed by atoms with Crippen LogP contribution in [0.4, 0.5) is 0 Å². The van der Waals surface area contributed by atoms with E-state index in [0.717, 1.165) is 11.4 Å². The molecular formula is C11H11NS. The van der Waals surface area contributed by atoms with E-state index in [-0.39, 0.29) is 0 Å². The highest BCUT2D eigenvalue weighted by atomic mass is 32.1. The molecule has 0 radical (unpaired) electrons. The van der Waals surface area contributed by atoms with Crippen LogP contribution in [0.3, 0.4) is 0 Å². The molecule has 0 fully saturated rings. The van der Waals surface area contributed by atoms with Gasteiger partial charge in [-0.05, 0) is 12.0 Å². The SMILES string of the molecule is C=CCC1NC(=S)c2ccccc21. The molecule has 2 rings (SSSR count). The van der Waals surface area contributed by atoms with Crippen LogP contribution in [0.15, 0.2) is 36.9 Å². The summed E-state index contributed by atoms with van der Waals surface area (Å²) in [6, 6.07) is 8.58. The monoisotopic (exact) mass is 189 g/mol. The van der Waals surface area contributed by atoms with E-state index in [1.54, 1.807) is 0 Å². The molecule has 1 atom stereocenters. The third-order valence-corrected chi connectivity index (χ3v) is 2.63. The first-order valence-electron chi connectivity index (χ1n) is 4.33. The van der Waals surface area contributed by atoms with Crippen molar-refractivity contribution in [2.24, 2.45) is 0 Å². The van der Waals surface area contributed by atoms with Gasteiger partial charge in [0, 0.05) is 5.56 Å². The quantitative estimate of drug-likeness (QED) is 0.567. The van der Waals surface area contributed by atoms with Crippen LogP contribution in [0.5, 0.6) is 0 Å². The fraction of sp³-hybridized carbons (Fsp3) is 0.182. The van der Waals surface area contributed by atoms with Crippen LogP contribution in [0.25, 0.3) is 0 Å². The van der Waals surface area contributed by atoms with Gasteiger partial charge in [0.2, 0.25) is 0 Å². The first kappa shape index (κ1) is 8.45. The van der Waals surface area contributed by atoms with Crippen LogP contribution in [-0.4, -0.2) is 4.99 Å². The molecule has 1 aromatic rings. The molecule has 1 aliphatic rings. The number of rotatable bonds is 2. The van der Waals surface area contributed by atoms with Crippen molar-refractivity contribution in [3.05, 3.63) is 48.0 Å². The lowest BCUT2D eigenvalue weighted by Gasteiger charge is -2.08. The van der Waals surface area contributed by atoms with Crippen molar-refractivity contribution in [2.45, 2.75) is 12.5 Å². The Hall–Kier alpha value is -1.15. The lowest BCUT2D eigenvalue weighted by Crippen LogP contribution is -2.17. The average molecular weight is 189 g/mol. The molecule has 1 nitrogen and oxygen atoms in total. The number of hydrogen-bond acceptors (Lipinski definition) is 1. The number of nitrogens with one attached hydrogen (secondary N) is 1. The zero-order valence-corrected chi connectivity index (χ0v) is 8.10. The summed E-state index contributed by atoms with van der Waals surface area (Å²) >= 11 is 5.22. The van der Waals surface area contributed by atoms with Crippen LogP contribution >= 0.6 is 12.2 Å². The molecule has 2 heteroatoms. The fourth-order valence-corrected chi connectivity index (χ4v) is 2.00. The van der Waals surface area contributed by atoms with E-state index in [2.05, 4.69) is 24.0 Å². The highest BCUT2D eigenvalue weighted by molar-refractivity contribution is 7.80. The Balaban J connectivity index is 2.41. The highest BCUT2D eigenvalue weighted by Gasteiger charge is 2.23. The molecule has 13 heavy (non-hydrogen) atoms. The van der Waals surface area contributed by atoms with Gasteiger partial charge in [0.05, 0.1) is 6.04 Å². The molecular weight excluding hydrogens is 178 g/mol. The molecule has 1 unspecified atom stereocenters. The van der Waals surface area contributed by atoms with Crippen molar-refractivity contribution < 1.29 is 0 Å². The minimum absolute atomic E-state index is 0.334. The summed E-state index contributed by atoms with van der Waals surface area (Å²) in [5.74, 6) is 0. The maximum absolute atomic E-state index is 5.22. The van der Waals surface area contributed by atoms with Gasteiger partial charge in [0.1, 0.15) is 4.99 Å². The zero-order chi connectivity index (χ0) is 9.26. The Morgan fingerprint density at radius 1 is 1.46 bits per heavy atom. The van der Waals surface area contributed by atoms with Crippen molar-refractivity contribution in [1.29, 1.82) is 0 Å². The summed E-state index contributed by atoms with van der Waals surface area (Å²) in [6.07, 6.45) is 2.85. The van der Waals surface area contributed by atoms with Gasteiger partial charge < -0.3 is 5.32 Å². The van der Waals surface area contributed by atoms with Gasteiger partial charge in [-0.3, -0.25) is 0 Å². The Morgan fingerprint density at radius 2 is 2.23 bits per heavy atom.